The Morgan fingerprint density at radius 2 is 1.06 bits per heavy atom. The van der Waals surface area contributed by atoms with Gasteiger partial charge in [-0.1, -0.05) is 113 Å². The van der Waals surface area contributed by atoms with E-state index in [2.05, 4.69) is 145 Å². The molecule has 0 aliphatic carbocycles. The van der Waals surface area contributed by atoms with E-state index in [1.165, 1.54) is 49.9 Å². The molecule has 4 heterocycles. The summed E-state index contributed by atoms with van der Waals surface area (Å²) in [6.07, 6.45) is 7.78. The molecule has 4 aromatic heterocycles. The van der Waals surface area contributed by atoms with E-state index in [-0.39, 0.29) is 21.1 Å². The van der Waals surface area contributed by atoms with Crippen LogP contribution in [0.5, 0.6) is 11.5 Å². The molecular formula is C46H32N4OPt. The Kier molecular flexibility index (Phi) is 7.53. The molecule has 6 heteroatoms. The van der Waals surface area contributed by atoms with Crippen molar-refractivity contribution in [1.29, 1.82) is 0 Å². The van der Waals surface area contributed by atoms with Crippen LogP contribution in [-0.4, -0.2) is 18.8 Å². The Bertz CT molecular complexity index is 3020. The van der Waals surface area contributed by atoms with E-state index in [9.17, 15) is 0 Å². The SMILES string of the molecule is Cc1cccc(C)c1-c1ccc(-c2c(C)cccc2C)c2c1c1ccc(Oc3[c-]c4c(cc3)c3ccccc3n3ccnc43)[c-]c1c1nccn12.[Pt+2]. The van der Waals surface area contributed by atoms with Gasteiger partial charge in [0.1, 0.15) is 0 Å². The summed E-state index contributed by atoms with van der Waals surface area (Å²) in [7, 11) is 0. The summed E-state index contributed by atoms with van der Waals surface area (Å²) in [6.45, 7) is 8.79. The molecule has 10 aromatic rings. The number of rotatable bonds is 4. The van der Waals surface area contributed by atoms with Gasteiger partial charge in [-0.2, -0.15) is 0 Å². The van der Waals surface area contributed by atoms with Gasteiger partial charge < -0.3 is 13.5 Å². The molecule has 0 N–H and O–H groups in total. The zero-order valence-electron chi connectivity index (χ0n) is 29.1. The van der Waals surface area contributed by atoms with Crippen molar-refractivity contribution >= 4 is 54.6 Å². The second-order valence-corrected chi connectivity index (χ2v) is 13.5. The summed E-state index contributed by atoms with van der Waals surface area (Å²) in [5, 5.41) is 6.29. The minimum Gasteiger partial charge on any atom is -0.497 e. The minimum absolute atomic E-state index is 0. The molecule has 0 amide bonds. The van der Waals surface area contributed by atoms with Crippen LogP contribution >= 0.6 is 0 Å². The first-order chi connectivity index (χ1) is 25.0. The standard InChI is InChI=1S/C46H32N4O.Pt/c1-27-9-7-10-28(2)41(27)36-19-20-37(42-29(3)11-8-12-30(42)4)44-43(36)35-18-16-32(26-39(35)46-48-22-24-50(44)46)51-31-15-17-33-34-13-5-6-14-40(34)49-23-21-47-45(49)38(33)25-31;/h5-24H,1-4H3;/q-2;+2. The molecule has 6 aromatic carbocycles. The number of nitrogens with zero attached hydrogens (tertiary/aromatic N) is 4. The van der Waals surface area contributed by atoms with Crippen molar-refractivity contribution in [3.05, 3.63) is 156 Å². The van der Waals surface area contributed by atoms with Gasteiger partial charge in [0.15, 0.2) is 0 Å². The number of hydrogen-bond acceptors (Lipinski definition) is 3. The number of para-hydroxylation sites is 1. The Morgan fingerprint density at radius 3 is 1.73 bits per heavy atom. The maximum absolute atomic E-state index is 6.56. The van der Waals surface area contributed by atoms with Gasteiger partial charge in [-0.05, 0) is 83.5 Å². The Labute approximate surface area is 315 Å². The second-order valence-electron chi connectivity index (χ2n) is 13.5. The number of aromatic nitrogens is 4. The number of fused-ring (bicyclic) bond motifs is 12. The topological polar surface area (TPSA) is 43.8 Å². The van der Waals surface area contributed by atoms with Crippen LogP contribution in [0.25, 0.3) is 76.9 Å². The molecule has 10 rings (SSSR count). The molecule has 0 fully saturated rings. The van der Waals surface area contributed by atoms with Gasteiger partial charge in [0.2, 0.25) is 0 Å². The first-order valence-corrected chi connectivity index (χ1v) is 17.2. The van der Waals surface area contributed by atoms with Crippen molar-refractivity contribution in [2.75, 3.05) is 0 Å². The van der Waals surface area contributed by atoms with E-state index < -0.39 is 0 Å². The average Bonchev–Trinajstić information content (AvgIpc) is 3.84. The van der Waals surface area contributed by atoms with Crippen LogP contribution in [0.3, 0.4) is 0 Å². The maximum atomic E-state index is 6.56. The van der Waals surface area contributed by atoms with Crippen molar-refractivity contribution in [2.45, 2.75) is 27.7 Å². The molecule has 252 valence electrons. The van der Waals surface area contributed by atoms with E-state index >= 15 is 0 Å². The van der Waals surface area contributed by atoms with E-state index in [1.807, 2.05) is 30.7 Å². The Balaban J connectivity index is 0.00000360. The summed E-state index contributed by atoms with van der Waals surface area (Å²) in [6, 6.07) is 41.5. The molecule has 0 spiro atoms. The molecular weight excluding hydrogens is 820 g/mol. The van der Waals surface area contributed by atoms with Crippen molar-refractivity contribution in [3.63, 3.8) is 0 Å². The van der Waals surface area contributed by atoms with E-state index in [0.29, 0.717) is 11.5 Å². The predicted octanol–water partition coefficient (Wildman–Crippen LogP) is 11.6. The van der Waals surface area contributed by atoms with Crippen molar-refractivity contribution in [1.82, 2.24) is 18.8 Å². The third-order valence-corrected chi connectivity index (χ3v) is 10.4. The summed E-state index contributed by atoms with van der Waals surface area (Å²) in [4.78, 5) is 9.60. The van der Waals surface area contributed by atoms with Gasteiger partial charge in [0, 0.05) is 52.9 Å². The molecule has 0 aliphatic rings. The van der Waals surface area contributed by atoms with Gasteiger partial charge in [0.05, 0.1) is 11.3 Å². The molecule has 0 bridgehead atoms. The van der Waals surface area contributed by atoms with Crippen LogP contribution in [0.4, 0.5) is 0 Å². The zero-order chi connectivity index (χ0) is 34.4. The second kappa shape index (κ2) is 12.2. The third-order valence-electron chi connectivity index (χ3n) is 10.4. The van der Waals surface area contributed by atoms with Crippen LogP contribution in [-0.2, 0) is 21.1 Å². The van der Waals surface area contributed by atoms with E-state index in [1.54, 1.807) is 0 Å². The normalized spacial score (nSPS) is 11.7. The Hall–Kier alpha value is -5.77. The summed E-state index contributed by atoms with van der Waals surface area (Å²) in [5.41, 5.74) is 13.8. The number of ether oxygens (including phenoxy) is 1. The van der Waals surface area contributed by atoms with Crippen LogP contribution in [0.15, 0.2) is 122 Å². The summed E-state index contributed by atoms with van der Waals surface area (Å²) in [5.74, 6) is 1.20. The fourth-order valence-electron chi connectivity index (χ4n) is 8.24. The number of aryl methyl sites for hydroxylation is 4. The summed E-state index contributed by atoms with van der Waals surface area (Å²) < 4.78 is 10.9. The van der Waals surface area contributed by atoms with Gasteiger partial charge in [0.25, 0.3) is 0 Å². The molecule has 0 radical (unpaired) electrons. The molecule has 0 saturated heterocycles. The quantitative estimate of drug-likeness (QED) is 0.131. The van der Waals surface area contributed by atoms with E-state index in [0.717, 1.165) is 49.3 Å². The van der Waals surface area contributed by atoms with Crippen LogP contribution in [0.1, 0.15) is 22.3 Å². The van der Waals surface area contributed by atoms with Crippen LogP contribution in [0, 0.1) is 39.8 Å². The van der Waals surface area contributed by atoms with Crippen molar-refractivity contribution in [2.24, 2.45) is 0 Å². The van der Waals surface area contributed by atoms with E-state index in [4.69, 9.17) is 9.72 Å². The number of benzene rings is 6. The number of imidazole rings is 2. The minimum atomic E-state index is 0. The monoisotopic (exact) mass is 851 g/mol. The first kappa shape index (κ1) is 32.2. The molecule has 52 heavy (non-hydrogen) atoms. The molecule has 0 aliphatic heterocycles. The van der Waals surface area contributed by atoms with Crippen molar-refractivity contribution in [3.8, 4) is 33.8 Å². The zero-order valence-corrected chi connectivity index (χ0v) is 31.3. The first-order valence-electron chi connectivity index (χ1n) is 17.2. The van der Waals surface area contributed by atoms with Crippen LogP contribution < -0.4 is 4.74 Å². The number of hydrogen-bond donors (Lipinski definition) is 0. The fourth-order valence-corrected chi connectivity index (χ4v) is 8.24. The van der Waals surface area contributed by atoms with Gasteiger partial charge >= 0.3 is 21.1 Å². The average molecular weight is 852 g/mol. The molecule has 0 unspecified atom stereocenters. The van der Waals surface area contributed by atoms with Gasteiger partial charge in [-0.25, -0.2) is 0 Å². The fraction of sp³-hybridized carbons (Fsp3) is 0.0870. The van der Waals surface area contributed by atoms with Gasteiger partial charge in [-0.15, -0.1) is 12.1 Å². The Morgan fingerprint density at radius 1 is 0.519 bits per heavy atom. The molecule has 0 saturated carbocycles. The van der Waals surface area contributed by atoms with Gasteiger partial charge in [-0.3, -0.25) is 9.97 Å². The predicted molar refractivity (Wildman–Crippen MR) is 208 cm³/mol. The maximum Gasteiger partial charge on any atom is 2.00 e. The smallest absolute Gasteiger partial charge is 0.497 e. The summed E-state index contributed by atoms with van der Waals surface area (Å²) >= 11 is 0. The van der Waals surface area contributed by atoms with Crippen LogP contribution in [0.2, 0.25) is 0 Å². The molecule has 0 atom stereocenters. The number of pyridine rings is 2. The molecule has 5 nitrogen and oxygen atoms in total. The third kappa shape index (κ3) is 4.73. The van der Waals surface area contributed by atoms with Crippen molar-refractivity contribution < 1.29 is 25.8 Å². The largest absolute Gasteiger partial charge is 2.00 e.